The first-order valence-corrected chi connectivity index (χ1v) is 6.18. The number of esters is 1. The molecule has 88 valence electrons. The first-order valence-electron chi connectivity index (χ1n) is 4.55. The first kappa shape index (κ1) is 12.3. The summed E-state index contributed by atoms with van der Waals surface area (Å²) in [6, 6.07) is 5.08. The molecule has 0 amide bonds. The number of hydrogen-bond donors (Lipinski definition) is 0. The fourth-order valence-electron chi connectivity index (χ4n) is 1.11. The van der Waals surface area contributed by atoms with Crippen LogP contribution in [0.5, 0.6) is 0 Å². The third kappa shape index (κ3) is 3.15. The molecule has 4 nitrogen and oxygen atoms in total. The zero-order valence-corrected chi connectivity index (χ0v) is 10.7. The summed E-state index contributed by atoms with van der Waals surface area (Å²) in [6.07, 6.45) is 0. The maximum atomic E-state index is 11.7. The van der Waals surface area contributed by atoms with Gasteiger partial charge in [0.1, 0.15) is 12.2 Å². The van der Waals surface area contributed by atoms with Crippen molar-refractivity contribution in [1.29, 1.82) is 0 Å². The van der Waals surface area contributed by atoms with Gasteiger partial charge in [0, 0.05) is 4.88 Å². The summed E-state index contributed by atoms with van der Waals surface area (Å²) >= 11 is 12.8. The zero-order chi connectivity index (χ0) is 12.3. The highest BCUT2D eigenvalue weighted by Gasteiger charge is 2.14. The Hall–Kier alpha value is -1.17. The van der Waals surface area contributed by atoms with E-state index in [9.17, 15) is 4.79 Å². The summed E-state index contributed by atoms with van der Waals surface area (Å²) < 4.78 is 5.07. The van der Waals surface area contributed by atoms with Crippen molar-refractivity contribution in [3.63, 3.8) is 0 Å². The normalized spacial score (nSPS) is 10.2. The average Bonchev–Trinajstić information content (AvgIpc) is 2.82. The van der Waals surface area contributed by atoms with E-state index in [1.807, 2.05) is 17.5 Å². The predicted molar refractivity (Wildman–Crippen MR) is 65.5 cm³/mol. The summed E-state index contributed by atoms with van der Waals surface area (Å²) in [4.78, 5) is 12.6. The second-order valence-electron chi connectivity index (χ2n) is 3.03. The van der Waals surface area contributed by atoms with Crippen LogP contribution in [0.2, 0.25) is 10.3 Å². The van der Waals surface area contributed by atoms with Gasteiger partial charge in [-0.3, -0.25) is 0 Å². The number of halogens is 2. The van der Waals surface area contributed by atoms with Crippen LogP contribution in [0.1, 0.15) is 15.2 Å². The third-order valence-corrected chi connectivity index (χ3v) is 3.18. The van der Waals surface area contributed by atoms with Gasteiger partial charge in [-0.15, -0.1) is 21.5 Å². The minimum atomic E-state index is -0.569. The Morgan fingerprint density at radius 3 is 2.94 bits per heavy atom. The number of nitrogens with zero attached hydrogens (tertiary/aromatic N) is 2. The SMILES string of the molecule is O=C(OCc1cccs1)c1cc(Cl)nnc1Cl. The number of carbonyl (C=O) groups is 1. The van der Waals surface area contributed by atoms with Gasteiger partial charge in [-0.05, 0) is 17.5 Å². The van der Waals surface area contributed by atoms with E-state index in [1.54, 1.807) is 0 Å². The second kappa shape index (κ2) is 5.44. The van der Waals surface area contributed by atoms with Crippen LogP contribution in [0, 0.1) is 0 Å². The summed E-state index contributed by atoms with van der Waals surface area (Å²) in [5.74, 6) is -0.569. The number of thiophene rings is 1. The maximum Gasteiger partial charge on any atom is 0.341 e. The molecule has 0 saturated carbocycles. The van der Waals surface area contributed by atoms with Crippen LogP contribution < -0.4 is 0 Å². The van der Waals surface area contributed by atoms with Crippen molar-refractivity contribution in [2.24, 2.45) is 0 Å². The van der Waals surface area contributed by atoms with Crippen molar-refractivity contribution >= 4 is 40.5 Å². The van der Waals surface area contributed by atoms with E-state index in [0.717, 1.165) is 4.88 Å². The number of aromatic nitrogens is 2. The molecule has 0 unspecified atom stereocenters. The molecule has 0 spiro atoms. The van der Waals surface area contributed by atoms with E-state index in [2.05, 4.69) is 10.2 Å². The smallest absolute Gasteiger partial charge is 0.341 e. The standard InChI is InChI=1S/C10H6Cl2N2O2S/c11-8-4-7(9(12)14-13-8)10(15)16-5-6-2-1-3-17-6/h1-4H,5H2. The summed E-state index contributed by atoms with van der Waals surface area (Å²) in [7, 11) is 0. The molecule has 0 N–H and O–H groups in total. The maximum absolute atomic E-state index is 11.7. The molecule has 17 heavy (non-hydrogen) atoms. The molecule has 2 heterocycles. The fourth-order valence-corrected chi connectivity index (χ4v) is 2.04. The third-order valence-electron chi connectivity index (χ3n) is 1.86. The minimum Gasteiger partial charge on any atom is -0.456 e. The van der Waals surface area contributed by atoms with Crippen molar-refractivity contribution < 1.29 is 9.53 Å². The molecular weight excluding hydrogens is 283 g/mol. The van der Waals surface area contributed by atoms with Gasteiger partial charge in [-0.1, -0.05) is 29.3 Å². The van der Waals surface area contributed by atoms with Gasteiger partial charge in [0.25, 0.3) is 0 Å². The molecule has 0 saturated heterocycles. The van der Waals surface area contributed by atoms with Crippen LogP contribution in [0.25, 0.3) is 0 Å². The van der Waals surface area contributed by atoms with E-state index in [4.69, 9.17) is 27.9 Å². The van der Waals surface area contributed by atoms with Gasteiger partial charge in [0.05, 0.1) is 0 Å². The van der Waals surface area contributed by atoms with Crippen LogP contribution in [0.15, 0.2) is 23.6 Å². The Balaban J connectivity index is 2.07. The summed E-state index contributed by atoms with van der Waals surface area (Å²) in [6.45, 7) is 0.201. The highest BCUT2D eigenvalue weighted by atomic mass is 35.5. The number of ether oxygens (including phenoxy) is 1. The zero-order valence-electron chi connectivity index (χ0n) is 8.39. The lowest BCUT2D eigenvalue weighted by Gasteiger charge is -2.04. The Bertz CT molecular complexity index is 531. The Labute approximate surface area is 111 Å². The van der Waals surface area contributed by atoms with Crippen molar-refractivity contribution in [1.82, 2.24) is 10.2 Å². The van der Waals surface area contributed by atoms with E-state index < -0.39 is 5.97 Å². The molecule has 0 bridgehead atoms. The summed E-state index contributed by atoms with van der Waals surface area (Å²) in [5, 5.41) is 9.02. The molecule has 7 heteroatoms. The second-order valence-corrected chi connectivity index (χ2v) is 4.80. The van der Waals surface area contributed by atoms with Gasteiger partial charge in [0.2, 0.25) is 0 Å². The molecule has 2 rings (SSSR count). The highest BCUT2D eigenvalue weighted by molar-refractivity contribution is 7.09. The molecular formula is C10H6Cl2N2O2S. The molecule has 0 aliphatic heterocycles. The minimum absolute atomic E-state index is 0.0226. The van der Waals surface area contributed by atoms with Gasteiger partial charge in [-0.2, -0.15) is 0 Å². The van der Waals surface area contributed by atoms with E-state index in [0.29, 0.717) is 0 Å². The number of carbonyl (C=O) groups excluding carboxylic acids is 1. The Morgan fingerprint density at radius 2 is 2.24 bits per heavy atom. The van der Waals surface area contributed by atoms with Crippen molar-refractivity contribution in [3.8, 4) is 0 Å². The topological polar surface area (TPSA) is 52.1 Å². The van der Waals surface area contributed by atoms with Crippen molar-refractivity contribution in [2.75, 3.05) is 0 Å². The molecule has 0 aliphatic carbocycles. The van der Waals surface area contributed by atoms with Crippen LogP contribution in [0.3, 0.4) is 0 Å². The highest BCUT2D eigenvalue weighted by Crippen LogP contribution is 2.18. The first-order chi connectivity index (χ1) is 8.16. The molecule has 2 aromatic heterocycles. The average molecular weight is 289 g/mol. The van der Waals surface area contributed by atoms with E-state index in [1.165, 1.54) is 17.4 Å². The van der Waals surface area contributed by atoms with Gasteiger partial charge >= 0.3 is 5.97 Å². The van der Waals surface area contributed by atoms with Gasteiger partial charge in [0.15, 0.2) is 10.3 Å². The lowest BCUT2D eigenvalue weighted by Crippen LogP contribution is -2.07. The van der Waals surface area contributed by atoms with Crippen molar-refractivity contribution in [2.45, 2.75) is 6.61 Å². The molecule has 0 aliphatic rings. The quantitative estimate of drug-likeness (QED) is 0.814. The number of rotatable bonds is 3. The molecule has 0 atom stereocenters. The van der Waals surface area contributed by atoms with Gasteiger partial charge < -0.3 is 4.74 Å². The van der Waals surface area contributed by atoms with Crippen LogP contribution in [-0.2, 0) is 11.3 Å². The van der Waals surface area contributed by atoms with E-state index >= 15 is 0 Å². The molecule has 2 aromatic rings. The number of hydrogen-bond acceptors (Lipinski definition) is 5. The molecule has 0 aromatic carbocycles. The monoisotopic (exact) mass is 288 g/mol. The van der Waals surface area contributed by atoms with E-state index in [-0.39, 0.29) is 22.5 Å². The van der Waals surface area contributed by atoms with Crippen molar-refractivity contribution in [3.05, 3.63) is 44.3 Å². The molecule has 0 fully saturated rings. The largest absolute Gasteiger partial charge is 0.456 e. The van der Waals surface area contributed by atoms with Crippen LogP contribution in [0.4, 0.5) is 0 Å². The lowest BCUT2D eigenvalue weighted by atomic mass is 10.3. The predicted octanol–water partition coefficient (Wildman–Crippen LogP) is 3.20. The Kier molecular flexibility index (Phi) is 3.93. The Morgan fingerprint density at radius 1 is 1.41 bits per heavy atom. The summed E-state index contributed by atoms with van der Waals surface area (Å²) in [5.41, 5.74) is 0.114. The van der Waals surface area contributed by atoms with Crippen LogP contribution in [-0.4, -0.2) is 16.2 Å². The van der Waals surface area contributed by atoms with Crippen LogP contribution >= 0.6 is 34.5 Å². The molecule has 0 radical (unpaired) electrons. The fraction of sp³-hybridized carbons (Fsp3) is 0.100. The van der Waals surface area contributed by atoms with Gasteiger partial charge in [-0.25, -0.2) is 4.79 Å². The lowest BCUT2D eigenvalue weighted by molar-refractivity contribution is 0.0476.